The van der Waals surface area contributed by atoms with E-state index < -0.39 is 27.5 Å². The molecule has 2 saturated heterocycles. The summed E-state index contributed by atoms with van der Waals surface area (Å²) in [5, 5.41) is 12.9. The van der Waals surface area contributed by atoms with Crippen LogP contribution in [-0.2, 0) is 20.4 Å². The normalized spacial score (nSPS) is 20.4. The number of hydrogen-bond donors (Lipinski definition) is 1. The number of methoxy groups -OCH3 is 1. The predicted molar refractivity (Wildman–Crippen MR) is 186 cm³/mol. The van der Waals surface area contributed by atoms with Gasteiger partial charge in [-0.3, -0.25) is 14.6 Å². The molecule has 2 aromatic carbocycles. The second-order valence-electron chi connectivity index (χ2n) is 12.9. The van der Waals surface area contributed by atoms with Crippen molar-refractivity contribution >= 4 is 27.6 Å². The first kappa shape index (κ1) is 35.1. The first-order chi connectivity index (χ1) is 24.1. The first-order valence-corrected chi connectivity index (χ1v) is 18.4. The van der Waals surface area contributed by atoms with Crippen LogP contribution in [0.15, 0.2) is 65.7 Å². The van der Waals surface area contributed by atoms with E-state index in [0.717, 1.165) is 39.0 Å². The molecule has 0 radical (unpaired) electrons. The standard InChI is InChI=1S/C36H43N7O6S/c1-5-49-33-28(9-8-16-38-33)36(39-35(45)42-17-14-27(15-18-42)41-21-19-40(20-22-41)25(2)3)29-23-26(24-37)12-13-30(29)43(34(36)44)50(46,47)32-11-7-6-10-31(32)48-4/h6-13,16,23,25,27H,5,14-15,17-22H2,1-4H3,(H,39,45). The van der Waals surface area contributed by atoms with E-state index in [-0.39, 0.29) is 45.5 Å². The number of piperazine rings is 1. The molecule has 13 nitrogen and oxygen atoms in total. The predicted octanol–water partition coefficient (Wildman–Crippen LogP) is 3.54. The minimum absolute atomic E-state index is 0.00856. The number of piperidine rings is 1. The lowest BCUT2D eigenvalue weighted by atomic mass is 9.83. The number of nitrogens with zero attached hydrogens (tertiary/aromatic N) is 6. The van der Waals surface area contributed by atoms with Gasteiger partial charge in [0.25, 0.3) is 15.9 Å². The summed E-state index contributed by atoms with van der Waals surface area (Å²) in [6.45, 7) is 11.2. The highest BCUT2D eigenvalue weighted by atomic mass is 32.2. The Labute approximate surface area is 293 Å². The SMILES string of the molecule is CCOc1ncccc1C1(NC(=O)N2CCC(N3CCN(C(C)C)CC3)CC2)C(=O)N(S(=O)(=O)c2ccccc2OC)c2ccc(C#N)cc21. The summed E-state index contributed by atoms with van der Waals surface area (Å²) in [5.41, 5.74) is -1.69. The van der Waals surface area contributed by atoms with E-state index in [1.807, 2.05) is 0 Å². The Morgan fingerprint density at radius 2 is 1.76 bits per heavy atom. The van der Waals surface area contributed by atoms with Crippen LogP contribution in [0.25, 0.3) is 0 Å². The maximum absolute atomic E-state index is 15.1. The molecule has 2 fully saturated rings. The van der Waals surface area contributed by atoms with Crippen molar-refractivity contribution < 1.29 is 27.5 Å². The van der Waals surface area contributed by atoms with Gasteiger partial charge in [0.05, 0.1) is 36.6 Å². The zero-order valence-corrected chi connectivity index (χ0v) is 29.6. The molecule has 0 aliphatic carbocycles. The minimum Gasteiger partial charge on any atom is -0.495 e. The number of fused-ring (bicyclic) bond motifs is 1. The van der Waals surface area contributed by atoms with Crippen LogP contribution in [-0.4, -0.2) is 105 Å². The molecule has 0 saturated carbocycles. The van der Waals surface area contributed by atoms with Crippen molar-refractivity contribution in [3.05, 3.63) is 77.5 Å². The largest absolute Gasteiger partial charge is 0.495 e. The number of aromatic nitrogens is 1. The van der Waals surface area contributed by atoms with Gasteiger partial charge in [-0.2, -0.15) is 9.57 Å². The van der Waals surface area contributed by atoms with Crippen molar-refractivity contribution in [2.45, 2.75) is 56.1 Å². The highest BCUT2D eigenvalue weighted by Crippen LogP contribution is 2.49. The third kappa shape index (κ3) is 6.14. The molecular formula is C36H43N7O6S. The number of carbonyl (C=O) groups excluding carboxylic acids is 2. The Hall–Kier alpha value is -4.71. The topological polar surface area (TPSA) is 148 Å². The van der Waals surface area contributed by atoms with Crippen molar-refractivity contribution in [1.82, 2.24) is 25.0 Å². The molecule has 1 aromatic heterocycles. The second kappa shape index (κ2) is 14.3. The van der Waals surface area contributed by atoms with E-state index >= 15 is 4.79 Å². The van der Waals surface area contributed by atoms with Gasteiger partial charge in [-0.25, -0.2) is 18.2 Å². The van der Waals surface area contributed by atoms with Gasteiger partial charge in [0.1, 0.15) is 10.6 Å². The number of nitriles is 1. The quantitative estimate of drug-likeness (QED) is 0.351. The fourth-order valence-corrected chi connectivity index (χ4v) is 8.92. The van der Waals surface area contributed by atoms with Gasteiger partial charge in [0, 0.05) is 63.1 Å². The number of anilines is 1. The lowest BCUT2D eigenvalue weighted by Crippen LogP contribution is -2.60. The maximum atomic E-state index is 15.1. The van der Waals surface area contributed by atoms with E-state index in [4.69, 9.17) is 9.47 Å². The number of nitrogens with one attached hydrogen (secondary N) is 1. The highest BCUT2D eigenvalue weighted by molar-refractivity contribution is 7.93. The van der Waals surface area contributed by atoms with Crippen LogP contribution in [0.2, 0.25) is 0 Å². The molecule has 3 aliphatic rings. The molecule has 3 amide bonds. The maximum Gasteiger partial charge on any atom is 0.318 e. The highest BCUT2D eigenvalue weighted by Gasteiger charge is 2.59. The smallest absolute Gasteiger partial charge is 0.318 e. The zero-order valence-electron chi connectivity index (χ0n) is 28.8. The van der Waals surface area contributed by atoms with Crippen LogP contribution < -0.4 is 19.1 Å². The number of carbonyl (C=O) groups is 2. The molecule has 0 bridgehead atoms. The van der Waals surface area contributed by atoms with Gasteiger partial charge in [-0.1, -0.05) is 12.1 Å². The van der Waals surface area contributed by atoms with Crippen molar-refractivity contribution in [3.8, 4) is 17.7 Å². The molecule has 3 aliphatic heterocycles. The van der Waals surface area contributed by atoms with Crippen molar-refractivity contribution in [2.75, 3.05) is 57.3 Å². The number of para-hydroxylation sites is 1. The Balaban J connectivity index is 1.40. The molecule has 1 unspecified atom stereocenters. The molecule has 0 spiro atoms. The van der Waals surface area contributed by atoms with Gasteiger partial charge in [-0.15, -0.1) is 0 Å². The number of likely N-dealkylation sites (tertiary alicyclic amines) is 1. The van der Waals surface area contributed by atoms with E-state index in [9.17, 15) is 18.5 Å². The second-order valence-corrected chi connectivity index (χ2v) is 14.7. The molecule has 6 rings (SSSR count). The summed E-state index contributed by atoms with van der Waals surface area (Å²) >= 11 is 0. The molecule has 264 valence electrons. The molecule has 4 heterocycles. The van der Waals surface area contributed by atoms with Gasteiger partial charge < -0.3 is 19.7 Å². The number of amides is 3. The van der Waals surface area contributed by atoms with Crippen molar-refractivity contribution in [3.63, 3.8) is 0 Å². The summed E-state index contributed by atoms with van der Waals surface area (Å²) in [7, 11) is -3.27. The number of benzene rings is 2. The zero-order chi connectivity index (χ0) is 35.6. The third-order valence-electron chi connectivity index (χ3n) is 9.94. The number of sulfonamides is 1. The fraction of sp³-hybridized carbons (Fsp3) is 0.444. The molecule has 14 heteroatoms. The van der Waals surface area contributed by atoms with Gasteiger partial charge in [0.2, 0.25) is 5.88 Å². The molecule has 1 atom stereocenters. The molecule has 50 heavy (non-hydrogen) atoms. The summed E-state index contributed by atoms with van der Waals surface area (Å²) in [5.74, 6) is -0.872. The monoisotopic (exact) mass is 701 g/mol. The fourth-order valence-electron chi connectivity index (χ4n) is 7.30. The van der Waals surface area contributed by atoms with Crippen molar-refractivity contribution in [2.24, 2.45) is 0 Å². The van der Waals surface area contributed by atoms with Crippen LogP contribution in [0.5, 0.6) is 11.6 Å². The minimum atomic E-state index is -4.62. The Morgan fingerprint density at radius 3 is 2.42 bits per heavy atom. The van der Waals surface area contributed by atoms with E-state index in [0.29, 0.717) is 29.5 Å². The molecule has 3 aromatic rings. The molecular weight excluding hydrogens is 659 g/mol. The average Bonchev–Trinajstić information content (AvgIpc) is 3.39. The lowest BCUT2D eigenvalue weighted by Gasteiger charge is -2.44. The van der Waals surface area contributed by atoms with Crippen LogP contribution in [0.4, 0.5) is 10.5 Å². The van der Waals surface area contributed by atoms with Gasteiger partial charge in [0.15, 0.2) is 5.54 Å². The number of hydrogen-bond acceptors (Lipinski definition) is 10. The third-order valence-corrected chi connectivity index (χ3v) is 11.7. The van der Waals surface area contributed by atoms with Gasteiger partial charge >= 0.3 is 6.03 Å². The van der Waals surface area contributed by atoms with Crippen LogP contribution in [0.1, 0.15) is 50.3 Å². The average molecular weight is 702 g/mol. The summed E-state index contributed by atoms with van der Waals surface area (Å²) < 4.78 is 40.9. The Kier molecular flexibility index (Phi) is 10.0. The molecule has 1 N–H and O–H groups in total. The number of ether oxygens (including phenoxy) is 2. The number of pyridine rings is 1. The lowest BCUT2D eigenvalue weighted by molar-refractivity contribution is -0.121. The van der Waals surface area contributed by atoms with E-state index in [1.54, 1.807) is 30.0 Å². The van der Waals surface area contributed by atoms with Gasteiger partial charge in [-0.05, 0) is 76.1 Å². The number of urea groups is 1. The number of rotatable bonds is 9. The summed E-state index contributed by atoms with van der Waals surface area (Å²) in [4.78, 5) is 40.3. The van der Waals surface area contributed by atoms with Crippen molar-refractivity contribution in [1.29, 1.82) is 5.26 Å². The first-order valence-electron chi connectivity index (χ1n) is 17.0. The van der Waals surface area contributed by atoms with Crippen LogP contribution >= 0.6 is 0 Å². The summed E-state index contributed by atoms with van der Waals surface area (Å²) in [6.07, 6.45) is 3.01. The van der Waals surface area contributed by atoms with Crippen LogP contribution in [0.3, 0.4) is 0 Å². The summed E-state index contributed by atoms with van der Waals surface area (Å²) in [6, 6.07) is 15.9. The van der Waals surface area contributed by atoms with E-state index in [2.05, 4.69) is 40.0 Å². The Bertz CT molecular complexity index is 1900. The van der Waals surface area contributed by atoms with E-state index in [1.165, 1.54) is 49.7 Å². The Morgan fingerprint density at radius 1 is 1.04 bits per heavy atom. The van der Waals surface area contributed by atoms with Crippen LogP contribution in [0, 0.1) is 11.3 Å².